The van der Waals surface area contributed by atoms with Crippen molar-refractivity contribution < 1.29 is 9.72 Å². The van der Waals surface area contributed by atoms with Gasteiger partial charge < -0.3 is 10.2 Å². The van der Waals surface area contributed by atoms with Crippen LogP contribution in [0.15, 0.2) is 48.8 Å². The Hall–Kier alpha value is -2.96. The minimum absolute atomic E-state index is 0.0211. The molecule has 7 nitrogen and oxygen atoms in total. The molecule has 2 amide bonds. The van der Waals surface area contributed by atoms with E-state index in [4.69, 9.17) is 0 Å². The van der Waals surface area contributed by atoms with Crippen LogP contribution in [0.2, 0.25) is 0 Å². The highest BCUT2D eigenvalue weighted by Gasteiger charge is 2.27. The smallest absolute Gasteiger partial charge is 0.318 e. The van der Waals surface area contributed by atoms with Gasteiger partial charge in [0.2, 0.25) is 0 Å². The summed E-state index contributed by atoms with van der Waals surface area (Å²) < 4.78 is 0. The predicted octanol–water partition coefficient (Wildman–Crippen LogP) is 4.38. The lowest BCUT2D eigenvalue weighted by Crippen LogP contribution is -2.43. The van der Waals surface area contributed by atoms with Gasteiger partial charge in [-0.15, -0.1) is 0 Å². The van der Waals surface area contributed by atoms with E-state index in [0.29, 0.717) is 12.1 Å². The summed E-state index contributed by atoms with van der Waals surface area (Å²) in [5.41, 5.74) is 1.83. The lowest BCUT2D eigenvalue weighted by atomic mass is 10.0. The van der Waals surface area contributed by atoms with Crippen molar-refractivity contribution >= 4 is 11.7 Å². The van der Waals surface area contributed by atoms with Crippen LogP contribution in [0.4, 0.5) is 10.5 Å². The van der Waals surface area contributed by atoms with Crippen molar-refractivity contribution in [2.45, 2.75) is 44.7 Å². The van der Waals surface area contributed by atoms with Gasteiger partial charge in [0.05, 0.1) is 17.0 Å². The first kappa shape index (κ1) is 18.8. The summed E-state index contributed by atoms with van der Waals surface area (Å²) in [4.78, 5) is 29.5. The van der Waals surface area contributed by atoms with Crippen LogP contribution in [-0.2, 0) is 0 Å². The topological polar surface area (TPSA) is 88.4 Å². The number of hydrogen-bond donors (Lipinski definition) is 1. The first-order valence-corrected chi connectivity index (χ1v) is 9.27. The molecule has 0 spiro atoms. The third-order valence-electron chi connectivity index (χ3n) is 5.03. The molecule has 1 N–H and O–H groups in total. The third-order valence-corrected chi connectivity index (χ3v) is 5.03. The normalized spacial score (nSPS) is 18.4. The molecule has 2 atom stereocenters. The number of carbonyl (C=O) groups excluding carboxylic acids is 1. The number of urea groups is 1. The zero-order valence-corrected chi connectivity index (χ0v) is 15.4. The summed E-state index contributed by atoms with van der Waals surface area (Å²) in [6.07, 6.45) is 7.58. The van der Waals surface area contributed by atoms with Crippen molar-refractivity contribution in [1.29, 1.82) is 0 Å². The number of nitro benzene ring substituents is 1. The molecule has 2 heterocycles. The molecule has 7 heteroatoms. The van der Waals surface area contributed by atoms with Gasteiger partial charge in [-0.25, -0.2) is 4.79 Å². The van der Waals surface area contributed by atoms with Crippen LogP contribution < -0.4 is 5.32 Å². The summed E-state index contributed by atoms with van der Waals surface area (Å²) in [6.45, 7) is 2.54. The maximum Gasteiger partial charge on any atom is 0.318 e. The van der Waals surface area contributed by atoms with E-state index in [1.54, 1.807) is 24.5 Å². The van der Waals surface area contributed by atoms with E-state index in [-0.39, 0.29) is 23.8 Å². The summed E-state index contributed by atoms with van der Waals surface area (Å²) in [5, 5.41) is 14.0. The molecular weight excluding hydrogens is 344 g/mol. The van der Waals surface area contributed by atoms with E-state index < -0.39 is 4.92 Å². The van der Waals surface area contributed by atoms with Gasteiger partial charge in [0.15, 0.2) is 0 Å². The Morgan fingerprint density at radius 3 is 2.78 bits per heavy atom. The number of carbonyl (C=O) groups is 1. The number of likely N-dealkylation sites (tertiary alicyclic amines) is 1. The Kier molecular flexibility index (Phi) is 6.01. The second-order valence-electron chi connectivity index (χ2n) is 6.86. The summed E-state index contributed by atoms with van der Waals surface area (Å²) >= 11 is 0. The molecule has 0 aliphatic carbocycles. The van der Waals surface area contributed by atoms with Gasteiger partial charge in [0.25, 0.3) is 5.69 Å². The van der Waals surface area contributed by atoms with Crippen molar-refractivity contribution in [3.05, 3.63) is 70.0 Å². The predicted molar refractivity (Wildman–Crippen MR) is 102 cm³/mol. The number of benzene rings is 1. The maximum atomic E-state index is 13.0. The molecule has 1 fully saturated rings. The Morgan fingerprint density at radius 1 is 1.26 bits per heavy atom. The number of rotatable bonds is 4. The van der Waals surface area contributed by atoms with Gasteiger partial charge in [0.1, 0.15) is 0 Å². The van der Waals surface area contributed by atoms with E-state index in [9.17, 15) is 14.9 Å². The van der Waals surface area contributed by atoms with E-state index >= 15 is 0 Å². The third kappa shape index (κ3) is 4.61. The average molecular weight is 368 g/mol. The van der Waals surface area contributed by atoms with Crippen molar-refractivity contribution in [2.75, 3.05) is 6.54 Å². The highest BCUT2D eigenvalue weighted by Crippen LogP contribution is 2.30. The molecule has 1 aromatic heterocycles. The van der Waals surface area contributed by atoms with Crippen LogP contribution in [0.3, 0.4) is 0 Å². The van der Waals surface area contributed by atoms with Crippen LogP contribution in [-0.4, -0.2) is 27.4 Å². The van der Waals surface area contributed by atoms with E-state index in [1.165, 1.54) is 12.1 Å². The summed E-state index contributed by atoms with van der Waals surface area (Å²) in [6, 6.07) is 9.87. The van der Waals surface area contributed by atoms with Gasteiger partial charge in [-0.2, -0.15) is 0 Å². The molecule has 1 aliphatic heterocycles. The number of non-ortho nitro benzene ring substituents is 1. The van der Waals surface area contributed by atoms with Gasteiger partial charge in [-0.05, 0) is 43.0 Å². The standard InChI is InChI=1S/C20H24N4O3/c1-15(17-6-5-7-18(14-17)24(26)27)22-20(25)23-13-4-2-3-8-19(23)16-9-11-21-12-10-16/h5-7,9-12,14-15,19H,2-4,8,13H2,1H3,(H,22,25)/t15-,19-/m1/s1. The first-order chi connectivity index (χ1) is 13.1. The van der Waals surface area contributed by atoms with Crippen molar-refractivity contribution in [2.24, 2.45) is 0 Å². The van der Waals surface area contributed by atoms with Crippen LogP contribution in [0.25, 0.3) is 0 Å². The minimum atomic E-state index is -0.424. The molecule has 1 aromatic carbocycles. The van der Waals surface area contributed by atoms with Crippen LogP contribution in [0, 0.1) is 10.1 Å². The molecule has 1 aliphatic rings. The highest BCUT2D eigenvalue weighted by molar-refractivity contribution is 5.75. The zero-order valence-electron chi connectivity index (χ0n) is 15.4. The van der Waals surface area contributed by atoms with E-state index in [1.807, 2.05) is 24.0 Å². The number of nitrogens with zero attached hydrogens (tertiary/aromatic N) is 3. The monoisotopic (exact) mass is 368 g/mol. The molecular formula is C20H24N4O3. The number of amides is 2. The van der Waals surface area contributed by atoms with E-state index in [0.717, 1.165) is 31.2 Å². The van der Waals surface area contributed by atoms with E-state index in [2.05, 4.69) is 10.3 Å². The maximum absolute atomic E-state index is 13.0. The second-order valence-corrected chi connectivity index (χ2v) is 6.86. The van der Waals surface area contributed by atoms with Gasteiger partial charge in [0, 0.05) is 31.1 Å². The SMILES string of the molecule is C[C@@H](NC(=O)N1CCCCC[C@@H]1c1ccncc1)c1cccc([N+](=O)[O-])c1. The highest BCUT2D eigenvalue weighted by atomic mass is 16.6. The number of aromatic nitrogens is 1. The van der Waals surface area contributed by atoms with Gasteiger partial charge in [-0.1, -0.05) is 25.0 Å². The molecule has 142 valence electrons. The number of hydrogen-bond acceptors (Lipinski definition) is 4. The van der Waals surface area contributed by atoms with Crippen LogP contribution in [0.5, 0.6) is 0 Å². The molecule has 1 saturated heterocycles. The number of nitrogens with one attached hydrogen (secondary N) is 1. The molecule has 0 bridgehead atoms. The number of pyridine rings is 1. The van der Waals surface area contributed by atoms with Crippen molar-refractivity contribution in [3.8, 4) is 0 Å². The molecule has 27 heavy (non-hydrogen) atoms. The Balaban J connectivity index is 1.76. The molecule has 3 rings (SSSR count). The average Bonchev–Trinajstić information content (AvgIpc) is 2.95. The zero-order chi connectivity index (χ0) is 19.2. The minimum Gasteiger partial charge on any atom is -0.331 e. The Labute approximate surface area is 158 Å². The van der Waals surface area contributed by atoms with Gasteiger partial charge in [-0.3, -0.25) is 15.1 Å². The molecule has 0 unspecified atom stereocenters. The lowest BCUT2D eigenvalue weighted by molar-refractivity contribution is -0.384. The summed E-state index contributed by atoms with van der Waals surface area (Å²) in [5.74, 6) is 0. The number of nitro groups is 1. The first-order valence-electron chi connectivity index (χ1n) is 9.27. The van der Waals surface area contributed by atoms with Gasteiger partial charge >= 0.3 is 6.03 Å². The Morgan fingerprint density at radius 2 is 2.04 bits per heavy atom. The van der Waals surface area contributed by atoms with Crippen molar-refractivity contribution in [1.82, 2.24) is 15.2 Å². The molecule has 2 aromatic rings. The largest absolute Gasteiger partial charge is 0.331 e. The van der Waals surface area contributed by atoms with Crippen LogP contribution in [0.1, 0.15) is 55.8 Å². The van der Waals surface area contributed by atoms with Crippen molar-refractivity contribution in [3.63, 3.8) is 0 Å². The van der Waals surface area contributed by atoms with Crippen LogP contribution >= 0.6 is 0 Å². The quantitative estimate of drug-likeness (QED) is 0.641. The second kappa shape index (κ2) is 8.62. The lowest BCUT2D eigenvalue weighted by Gasteiger charge is -2.31. The Bertz CT molecular complexity index is 797. The fourth-order valence-electron chi connectivity index (χ4n) is 3.54. The molecule has 0 radical (unpaired) electrons. The fourth-order valence-corrected chi connectivity index (χ4v) is 3.54. The summed E-state index contributed by atoms with van der Waals surface area (Å²) in [7, 11) is 0. The fraction of sp³-hybridized carbons (Fsp3) is 0.400. The molecule has 0 saturated carbocycles.